The molecular formula is C24H29N3O5S. The summed E-state index contributed by atoms with van der Waals surface area (Å²) >= 11 is 0. The summed E-state index contributed by atoms with van der Waals surface area (Å²) in [6.07, 6.45) is 0.822. The first kappa shape index (κ1) is 23.1. The summed E-state index contributed by atoms with van der Waals surface area (Å²) in [5.74, 6) is 1.04. The normalized spacial score (nSPS) is 15.8. The van der Waals surface area contributed by atoms with Crippen molar-refractivity contribution in [2.75, 3.05) is 11.9 Å². The van der Waals surface area contributed by atoms with Crippen molar-refractivity contribution < 1.29 is 22.7 Å². The number of carbonyl (C=O) groups excluding carboxylic acids is 1. The molecule has 9 heteroatoms. The lowest BCUT2D eigenvalue weighted by molar-refractivity contribution is 0.102. The summed E-state index contributed by atoms with van der Waals surface area (Å²) < 4.78 is 39.7. The van der Waals surface area contributed by atoms with Gasteiger partial charge in [-0.15, -0.1) is 0 Å². The van der Waals surface area contributed by atoms with E-state index in [9.17, 15) is 13.2 Å². The van der Waals surface area contributed by atoms with Crippen molar-refractivity contribution in [1.82, 2.24) is 9.71 Å². The van der Waals surface area contributed by atoms with Gasteiger partial charge in [0.15, 0.2) is 0 Å². The molecule has 0 bridgehead atoms. The van der Waals surface area contributed by atoms with Crippen LogP contribution in [0.25, 0.3) is 10.9 Å². The van der Waals surface area contributed by atoms with E-state index in [4.69, 9.17) is 9.47 Å². The third-order valence-electron chi connectivity index (χ3n) is 5.12. The molecule has 0 spiro atoms. The number of amides is 1. The van der Waals surface area contributed by atoms with Crippen molar-refractivity contribution in [3.8, 4) is 11.5 Å². The van der Waals surface area contributed by atoms with Crippen LogP contribution in [0.2, 0.25) is 0 Å². The van der Waals surface area contributed by atoms with Crippen molar-refractivity contribution in [2.24, 2.45) is 0 Å². The van der Waals surface area contributed by atoms with Crippen LogP contribution < -0.4 is 19.5 Å². The molecule has 0 fully saturated rings. The molecule has 3 N–H and O–H groups in total. The minimum Gasteiger partial charge on any atom is -0.493 e. The van der Waals surface area contributed by atoms with Gasteiger partial charge in [0.2, 0.25) is 10.0 Å². The van der Waals surface area contributed by atoms with Crippen molar-refractivity contribution >= 4 is 32.5 Å². The van der Waals surface area contributed by atoms with E-state index in [0.29, 0.717) is 23.7 Å². The van der Waals surface area contributed by atoms with Crippen LogP contribution >= 0.6 is 0 Å². The SMILES string of the molecule is CCOc1cc2c(c3[nH]c(C(=O)Nc4cccc(S(=O)(=O)NC(C)(C)C)c4)cc13)OC(C)C2. The minimum absolute atomic E-state index is 0.0482. The highest BCUT2D eigenvalue weighted by Crippen LogP contribution is 2.41. The molecule has 4 rings (SSSR count). The Bertz CT molecular complexity index is 1320. The van der Waals surface area contributed by atoms with Crippen LogP contribution in [0.3, 0.4) is 0 Å². The van der Waals surface area contributed by atoms with Crippen LogP contribution in [-0.4, -0.2) is 37.6 Å². The van der Waals surface area contributed by atoms with Gasteiger partial charge in [0, 0.05) is 28.6 Å². The fourth-order valence-corrected chi connectivity index (χ4v) is 5.39. The minimum atomic E-state index is -3.73. The highest BCUT2D eigenvalue weighted by molar-refractivity contribution is 7.89. The molecule has 1 amide bonds. The molecule has 0 saturated carbocycles. The summed E-state index contributed by atoms with van der Waals surface area (Å²) in [6.45, 7) is 9.71. The number of carbonyl (C=O) groups is 1. The Balaban J connectivity index is 1.64. The summed E-state index contributed by atoms with van der Waals surface area (Å²) in [5.41, 5.74) is 1.83. The number of aromatic nitrogens is 1. The molecule has 3 aromatic rings. The second-order valence-corrected chi connectivity index (χ2v) is 10.9. The smallest absolute Gasteiger partial charge is 0.272 e. The number of hydrogen-bond donors (Lipinski definition) is 3. The number of nitrogens with one attached hydrogen (secondary N) is 3. The lowest BCUT2D eigenvalue weighted by Gasteiger charge is -2.20. The Morgan fingerprint density at radius 1 is 1.24 bits per heavy atom. The molecule has 176 valence electrons. The van der Waals surface area contributed by atoms with Crippen LogP contribution in [0.15, 0.2) is 41.3 Å². The number of rotatable bonds is 6. The maximum absolute atomic E-state index is 13.0. The summed E-state index contributed by atoms with van der Waals surface area (Å²) in [7, 11) is -3.73. The fourth-order valence-electron chi connectivity index (χ4n) is 3.93. The van der Waals surface area contributed by atoms with Gasteiger partial charge in [-0.25, -0.2) is 13.1 Å². The van der Waals surface area contributed by atoms with E-state index in [-0.39, 0.29) is 11.0 Å². The van der Waals surface area contributed by atoms with E-state index in [1.807, 2.05) is 19.9 Å². The molecular weight excluding hydrogens is 442 g/mol. The molecule has 1 aliphatic rings. The number of H-pyrrole nitrogens is 1. The molecule has 2 heterocycles. The third kappa shape index (κ3) is 4.84. The van der Waals surface area contributed by atoms with Gasteiger partial charge in [0.25, 0.3) is 5.91 Å². The lowest BCUT2D eigenvalue weighted by atomic mass is 10.1. The van der Waals surface area contributed by atoms with Crippen molar-refractivity contribution in [2.45, 2.75) is 57.6 Å². The van der Waals surface area contributed by atoms with Crippen LogP contribution in [0.4, 0.5) is 5.69 Å². The number of hydrogen-bond acceptors (Lipinski definition) is 5. The van der Waals surface area contributed by atoms with E-state index in [0.717, 1.165) is 28.6 Å². The lowest BCUT2D eigenvalue weighted by Crippen LogP contribution is -2.40. The van der Waals surface area contributed by atoms with Crippen LogP contribution in [0.5, 0.6) is 11.5 Å². The zero-order valence-electron chi connectivity index (χ0n) is 19.4. The van der Waals surface area contributed by atoms with Gasteiger partial charge < -0.3 is 19.8 Å². The monoisotopic (exact) mass is 471 g/mol. The van der Waals surface area contributed by atoms with E-state index < -0.39 is 21.5 Å². The summed E-state index contributed by atoms with van der Waals surface area (Å²) in [6, 6.07) is 9.85. The highest BCUT2D eigenvalue weighted by atomic mass is 32.2. The predicted molar refractivity (Wildman–Crippen MR) is 128 cm³/mol. The second-order valence-electron chi connectivity index (χ2n) is 9.24. The molecule has 1 atom stereocenters. The van der Waals surface area contributed by atoms with E-state index in [1.54, 1.807) is 39.0 Å². The number of sulfonamides is 1. The fraction of sp³-hybridized carbons (Fsp3) is 0.375. The van der Waals surface area contributed by atoms with Crippen LogP contribution in [0.1, 0.15) is 50.7 Å². The quantitative estimate of drug-likeness (QED) is 0.499. The van der Waals surface area contributed by atoms with Crippen LogP contribution in [-0.2, 0) is 16.4 Å². The largest absolute Gasteiger partial charge is 0.493 e. The Kier molecular flexibility index (Phi) is 5.88. The number of ether oxygens (including phenoxy) is 2. The Morgan fingerprint density at radius 2 is 2.00 bits per heavy atom. The molecule has 8 nitrogen and oxygen atoms in total. The van der Waals surface area contributed by atoms with Crippen LogP contribution in [0, 0.1) is 0 Å². The molecule has 2 aromatic carbocycles. The van der Waals surface area contributed by atoms with Crippen molar-refractivity contribution in [1.29, 1.82) is 0 Å². The van der Waals surface area contributed by atoms with Gasteiger partial charge >= 0.3 is 0 Å². The first-order valence-corrected chi connectivity index (χ1v) is 12.4. The summed E-state index contributed by atoms with van der Waals surface area (Å²) in [5, 5.41) is 3.54. The number of anilines is 1. The molecule has 1 unspecified atom stereocenters. The zero-order valence-corrected chi connectivity index (χ0v) is 20.2. The van der Waals surface area contributed by atoms with Crippen molar-refractivity contribution in [3.63, 3.8) is 0 Å². The molecule has 0 radical (unpaired) electrons. The van der Waals surface area contributed by atoms with Gasteiger partial charge in [-0.05, 0) is 65.0 Å². The Morgan fingerprint density at radius 3 is 2.70 bits per heavy atom. The maximum atomic E-state index is 13.0. The highest BCUT2D eigenvalue weighted by Gasteiger charge is 2.26. The first-order valence-electron chi connectivity index (χ1n) is 10.9. The van der Waals surface area contributed by atoms with Gasteiger partial charge in [-0.2, -0.15) is 0 Å². The molecule has 1 aromatic heterocycles. The predicted octanol–water partition coefficient (Wildman–Crippen LogP) is 4.22. The summed E-state index contributed by atoms with van der Waals surface area (Å²) in [4.78, 5) is 16.3. The average Bonchev–Trinajstić information content (AvgIpc) is 3.30. The van der Waals surface area contributed by atoms with Gasteiger partial charge in [0.1, 0.15) is 23.3 Å². The van der Waals surface area contributed by atoms with E-state index in [2.05, 4.69) is 15.0 Å². The van der Waals surface area contributed by atoms with E-state index >= 15 is 0 Å². The Labute approximate surface area is 193 Å². The number of benzene rings is 2. The van der Waals surface area contributed by atoms with Gasteiger partial charge in [-0.3, -0.25) is 4.79 Å². The molecule has 0 aliphatic carbocycles. The van der Waals surface area contributed by atoms with Crippen molar-refractivity contribution in [3.05, 3.63) is 47.7 Å². The molecule has 33 heavy (non-hydrogen) atoms. The van der Waals surface area contributed by atoms with E-state index in [1.165, 1.54) is 12.1 Å². The molecule has 0 saturated heterocycles. The number of aromatic amines is 1. The Hall–Kier alpha value is -3.04. The van der Waals surface area contributed by atoms with Gasteiger partial charge in [0.05, 0.1) is 17.0 Å². The zero-order chi connectivity index (χ0) is 24.0. The topological polar surface area (TPSA) is 110 Å². The first-order chi connectivity index (χ1) is 15.5. The standard InChI is InChI=1S/C24H29N3O5S/c1-6-31-20-11-15-10-14(2)32-22(15)21-18(20)13-19(26-21)23(28)25-16-8-7-9-17(12-16)33(29,30)27-24(3,4)5/h7-9,11-14,26-27H,6,10H2,1-5H3,(H,25,28). The number of fused-ring (bicyclic) bond motifs is 3. The molecule has 1 aliphatic heterocycles. The third-order valence-corrected chi connectivity index (χ3v) is 6.88. The second kappa shape index (κ2) is 8.39. The maximum Gasteiger partial charge on any atom is 0.272 e. The average molecular weight is 472 g/mol. The van der Waals surface area contributed by atoms with Gasteiger partial charge in [-0.1, -0.05) is 6.07 Å².